The maximum atomic E-state index is 12.3. The van der Waals surface area contributed by atoms with Crippen molar-refractivity contribution in [1.29, 1.82) is 0 Å². The van der Waals surface area contributed by atoms with E-state index in [4.69, 9.17) is 23.7 Å². The molecule has 2 aromatic heterocycles. The van der Waals surface area contributed by atoms with Crippen molar-refractivity contribution in [2.24, 2.45) is 0 Å². The number of benzene rings is 6. The average Bonchev–Trinajstić information content (AvgIpc) is 3.75. The summed E-state index contributed by atoms with van der Waals surface area (Å²) in [6.07, 6.45) is 12.3. The number of hydrogen-bond acceptors (Lipinski definition) is 7. The van der Waals surface area contributed by atoms with Crippen LogP contribution in [0.4, 0.5) is 0 Å². The van der Waals surface area contributed by atoms with Gasteiger partial charge in [-0.25, -0.2) is 9.59 Å². The third-order valence-electron chi connectivity index (χ3n) is 15.0. The van der Waals surface area contributed by atoms with Crippen LogP contribution in [0.3, 0.4) is 0 Å². The number of aromatic carboxylic acids is 1. The SMILES string of the molecule is COC(=O)c1ccc2c(C3CCCCC3)c3n(c2c1)CCOc1cc(OCc2ccccc2)ccc1-3.O=C(O)c1ccc2c(C3CCCCC3)c3n(c2c1)CCOc1cc(OCc2ccccc2)ccc1-3. The molecule has 0 unspecified atom stereocenters. The summed E-state index contributed by atoms with van der Waals surface area (Å²) in [6.45, 7) is 3.50. The van der Waals surface area contributed by atoms with Gasteiger partial charge >= 0.3 is 11.9 Å². The van der Waals surface area contributed by atoms with E-state index in [9.17, 15) is 14.7 Å². The second-order valence-corrected chi connectivity index (χ2v) is 19.3. The molecule has 2 saturated carbocycles. The predicted octanol–water partition coefficient (Wildman–Crippen LogP) is 14.1. The topological polar surface area (TPSA) is 110 Å². The fourth-order valence-electron chi connectivity index (χ4n) is 11.6. The van der Waals surface area contributed by atoms with E-state index in [2.05, 4.69) is 51.6 Å². The third kappa shape index (κ3) is 9.35. The molecule has 2 fully saturated rings. The molecule has 0 amide bonds. The molecule has 0 radical (unpaired) electrons. The first-order valence-corrected chi connectivity index (χ1v) is 25.4. The quantitative estimate of drug-likeness (QED) is 0.135. The number of aromatic nitrogens is 2. The molecule has 4 aliphatic rings. The number of carboxylic acids is 1. The van der Waals surface area contributed by atoms with Crippen LogP contribution in [-0.4, -0.2) is 46.5 Å². The molecule has 362 valence electrons. The Hall–Kier alpha value is -7.46. The maximum absolute atomic E-state index is 12.3. The molecule has 0 atom stereocenters. The van der Waals surface area contributed by atoms with Gasteiger partial charge in [0.05, 0.1) is 42.7 Å². The van der Waals surface area contributed by atoms with Crippen LogP contribution in [0, 0.1) is 0 Å². The molecule has 1 N–H and O–H groups in total. The van der Waals surface area contributed by atoms with E-state index in [1.807, 2.05) is 84.9 Å². The van der Waals surface area contributed by atoms with Crippen LogP contribution < -0.4 is 18.9 Å². The van der Waals surface area contributed by atoms with Gasteiger partial charge in [-0.3, -0.25) is 0 Å². The van der Waals surface area contributed by atoms with E-state index in [1.165, 1.54) is 105 Å². The minimum absolute atomic E-state index is 0.308. The highest BCUT2D eigenvalue weighted by atomic mass is 16.5. The minimum Gasteiger partial charge on any atom is -0.491 e. The molecule has 6 aromatic carbocycles. The lowest BCUT2D eigenvalue weighted by atomic mass is 9.81. The molecule has 0 spiro atoms. The van der Waals surface area contributed by atoms with Gasteiger partial charge in [-0.1, -0.05) is 111 Å². The Morgan fingerprint density at radius 3 is 1.45 bits per heavy atom. The van der Waals surface area contributed by atoms with E-state index in [-0.39, 0.29) is 5.97 Å². The lowest BCUT2D eigenvalue weighted by molar-refractivity contribution is 0.0600. The van der Waals surface area contributed by atoms with E-state index in [0.29, 0.717) is 55.9 Å². The van der Waals surface area contributed by atoms with Crippen LogP contribution in [0.2, 0.25) is 0 Å². The molecule has 12 rings (SSSR count). The number of hydrogen-bond donors (Lipinski definition) is 1. The fourth-order valence-corrected chi connectivity index (χ4v) is 11.6. The van der Waals surface area contributed by atoms with E-state index >= 15 is 0 Å². The molecular weight excluding hydrogens is 889 g/mol. The van der Waals surface area contributed by atoms with Gasteiger partial charge in [0.15, 0.2) is 0 Å². The first kappa shape index (κ1) is 46.0. The van der Waals surface area contributed by atoms with Crippen LogP contribution in [0.1, 0.15) is 119 Å². The zero-order valence-corrected chi connectivity index (χ0v) is 40.4. The molecule has 4 heterocycles. The number of fused-ring (bicyclic) bond motifs is 10. The molecule has 0 saturated heterocycles. The Labute approximate surface area is 414 Å². The van der Waals surface area contributed by atoms with Crippen LogP contribution in [-0.2, 0) is 31.0 Å². The highest BCUT2D eigenvalue weighted by Crippen LogP contribution is 2.50. The Morgan fingerprint density at radius 2 is 1.00 bits per heavy atom. The Balaban J connectivity index is 0.000000154. The van der Waals surface area contributed by atoms with Gasteiger partial charge in [0.2, 0.25) is 0 Å². The van der Waals surface area contributed by atoms with Crippen molar-refractivity contribution in [2.45, 2.75) is 102 Å². The summed E-state index contributed by atoms with van der Waals surface area (Å²) in [6, 6.07) is 44.3. The van der Waals surface area contributed by atoms with Gasteiger partial charge in [0.1, 0.15) is 49.4 Å². The van der Waals surface area contributed by atoms with Crippen molar-refractivity contribution in [2.75, 3.05) is 20.3 Å². The Morgan fingerprint density at radius 1 is 0.549 bits per heavy atom. The van der Waals surface area contributed by atoms with Gasteiger partial charge < -0.3 is 37.9 Å². The normalized spacial score (nSPS) is 15.6. The van der Waals surface area contributed by atoms with Gasteiger partial charge in [-0.2, -0.15) is 0 Å². The van der Waals surface area contributed by atoms with Crippen molar-refractivity contribution in [3.05, 3.63) is 167 Å². The maximum Gasteiger partial charge on any atom is 0.337 e. The van der Waals surface area contributed by atoms with Crippen molar-refractivity contribution in [3.8, 4) is 45.5 Å². The Bertz CT molecular complexity index is 3210. The summed E-state index contributed by atoms with van der Waals surface area (Å²) in [4.78, 5) is 24.1. The number of rotatable bonds is 10. The number of nitrogens with zero attached hydrogens (tertiary/aromatic N) is 2. The highest BCUT2D eigenvalue weighted by Gasteiger charge is 2.32. The summed E-state index contributed by atoms with van der Waals surface area (Å²) in [5.41, 5.74) is 12.5. The summed E-state index contributed by atoms with van der Waals surface area (Å²) < 4.78 is 34.3. The van der Waals surface area contributed by atoms with Crippen molar-refractivity contribution >= 4 is 33.7 Å². The largest absolute Gasteiger partial charge is 0.491 e. The van der Waals surface area contributed by atoms with Gasteiger partial charge in [-0.15, -0.1) is 0 Å². The molecule has 2 aliphatic heterocycles. The van der Waals surface area contributed by atoms with Gasteiger partial charge in [0, 0.05) is 45.1 Å². The zero-order valence-electron chi connectivity index (χ0n) is 40.4. The van der Waals surface area contributed by atoms with Crippen LogP contribution in [0.5, 0.6) is 23.0 Å². The predicted molar refractivity (Wildman–Crippen MR) is 277 cm³/mol. The summed E-state index contributed by atoms with van der Waals surface area (Å²) in [5.74, 6) is 3.03. The molecule has 2 aliphatic carbocycles. The van der Waals surface area contributed by atoms with Gasteiger partial charge in [-0.05, 0) is 108 Å². The number of esters is 1. The molecule has 8 aromatic rings. The lowest BCUT2D eigenvalue weighted by Gasteiger charge is -2.23. The fraction of sp³-hybridized carbons (Fsp3) is 0.311. The third-order valence-corrected chi connectivity index (χ3v) is 15.0. The molecular formula is C61H60N2O8. The van der Waals surface area contributed by atoms with E-state index in [0.717, 1.165) is 62.8 Å². The number of carbonyl (C=O) groups excluding carboxylic acids is 1. The zero-order chi connectivity index (χ0) is 48.3. The molecule has 71 heavy (non-hydrogen) atoms. The second kappa shape index (κ2) is 20.5. The van der Waals surface area contributed by atoms with Crippen molar-refractivity contribution < 1.29 is 38.4 Å². The highest BCUT2D eigenvalue weighted by molar-refractivity contribution is 6.00. The van der Waals surface area contributed by atoms with Crippen molar-refractivity contribution in [1.82, 2.24) is 9.13 Å². The first-order chi connectivity index (χ1) is 34.9. The lowest BCUT2D eigenvalue weighted by Crippen LogP contribution is -2.07. The number of methoxy groups -OCH3 is 1. The minimum atomic E-state index is -0.896. The molecule has 0 bridgehead atoms. The van der Waals surface area contributed by atoms with E-state index < -0.39 is 5.97 Å². The number of ether oxygens (including phenoxy) is 5. The smallest absolute Gasteiger partial charge is 0.337 e. The summed E-state index contributed by atoms with van der Waals surface area (Å²) >= 11 is 0. The van der Waals surface area contributed by atoms with Gasteiger partial charge in [0.25, 0.3) is 0 Å². The monoisotopic (exact) mass is 948 g/mol. The van der Waals surface area contributed by atoms with Crippen molar-refractivity contribution in [3.63, 3.8) is 0 Å². The van der Waals surface area contributed by atoms with Crippen LogP contribution >= 0.6 is 0 Å². The number of carbonyl (C=O) groups is 2. The summed E-state index contributed by atoms with van der Waals surface area (Å²) in [7, 11) is 1.43. The standard InChI is InChI=1S/C31H31NO4.C30H29NO4/c1-34-31(33)23-12-14-25-27(18-23)32-16-17-35-28-19-24(36-20-21-8-4-2-5-9-21)13-15-26(28)30(32)29(25)22-10-6-3-7-11-22;32-30(33)22-11-13-24-26(17-22)31-15-16-34-27-18-23(35-19-20-7-3-1-4-8-20)12-14-25(27)29(31)28(24)21-9-5-2-6-10-21/h2,4-5,8-9,12-15,18-19,22H,3,6-7,10-11,16-17,20H2,1H3;1,3-4,7-8,11-14,17-18,21H,2,5-6,9-10,15-16,19H2,(H,32,33). The van der Waals surface area contributed by atoms with Crippen LogP contribution in [0.25, 0.3) is 44.3 Å². The summed E-state index contributed by atoms with van der Waals surface area (Å²) in [5, 5.41) is 12.0. The first-order valence-electron chi connectivity index (χ1n) is 25.4. The Kier molecular flexibility index (Phi) is 13.3. The molecule has 10 heteroatoms. The number of carboxylic acid groups (broad SMARTS) is 1. The average molecular weight is 949 g/mol. The molecule has 10 nitrogen and oxygen atoms in total. The van der Waals surface area contributed by atoms with Crippen LogP contribution in [0.15, 0.2) is 133 Å². The van der Waals surface area contributed by atoms with E-state index in [1.54, 1.807) is 6.07 Å². The second-order valence-electron chi connectivity index (χ2n) is 19.3.